The van der Waals surface area contributed by atoms with E-state index in [1.165, 1.54) is 6.07 Å². The maximum absolute atomic E-state index is 14.3. The Kier molecular flexibility index (Phi) is 7.59. The van der Waals surface area contributed by atoms with Crippen LogP contribution in [0.1, 0.15) is 40.9 Å². The molecule has 0 amide bonds. The predicted octanol–water partition coefficient (Wildman–Crippen LogP) is 5.29. The number of aliphatic hydroxyl groups excluding tert-OH is 1. The third kappa shape index (κ3) is 5.89. The monoisotopic (exact) mass is 553 g/mol. The number of nitrogens with zero attached hydrogens (tertiary/aromatic N) is 5. The van der Waals surface area contributed by atoms with E-state index in [1.54, 1.807) is 12.1 Å². The van der Waals surface area contributed by atoms with Crippen molar-refractivity contribution < 1.29 is 19.1 Å². The van der Waals surface area contributed by atoms with Gasteiger partial charge in [-0.15, -0.1) is 0 Å². The molecule has 2 aliphatic rings. The maximum Gasteiger partial charge on any atom is 0.145 e. The van der Waals surface area contributed by atoms with E-state index in [9.17, 15) is 9.50 Å². The van der Waals surface area contributed by atoms with Gasteiger partial charge in [-0.2, -0.15) is 10.4 Å². The number of piperidine rings is 1. The van der Waals surface area contributed by atoms with Gasteiger partial charge in [0.2, 0.25) is 0 Å². The first-order valence-corrected chi connectivity index (χ1v) is 13.9. The summed E-state index contributed by atoms with van der Waals surface area (Å²) >= 11 is 0. The summed E-state index contributed by atoms with van der Waals surface area (Å²) in [6.45, 7) is 7.54. The summed E-state index contributed by atoms with van der Waals surface area (Å²) in [6.07, 6.45) is 3.16. The van der Waals surface area contributed by atoms with Gasteiger partial charge in [0.05, 0.1) is 42.4 Å². The molecule has 2 aliphatic heterocycles. The Hall–Kier alpha value is -4.39. The molecule has 210 valence electrons. The lowest BCUT2D eigenvalue weighted by Gasteiger charge is -2.36. The Bertz CT molecular complexity index is 1620. The first-order valence-electron chi connectivity index (χ1n) is 13.9. The third-order valence-corrected chi connectivity index (χ3v) is 7.74. The number of likely N-dealkylation sites (tertiary alicyclic amines) is 1. The van der Waals surface area contributed by atoms with Crippen LogP contribution in [-0.4, -0.2) is 52.0 Å². The summed E-state index contributed by atoms with van der Waals surface area (Å²) in [4.78, 5) is 12.9. The SMILES string of the molecule is C=C(O)c1ccc2nc(CN3CCC(Oc4cccc(CCc5ccc(C#N)cc5F)c4)CC3)n(N3CCO3)c2c1. The van der Waals surface area contributed by atoms with Gasteiger partial charge in [-0.05, 0) is 79.3 Å². The normalized spacial score (nSPS) is 16.0. The highest BCUT2D eigenvalue weighted by atomic mass is 19.1. The fourth-order valence-corrected chi connectivity index (χ4v) is 5.43. The molecule has 0 saturated carbocycles. The second-order valence-electron chi connectivity index (χ2n) is 10.6. The molecule has 3 aromatic carbocycles. The number of ether oxygens (including phenoxy) is 1. The van der Waals surface area contributed by atoms with Crippen molar-refractivity contribution >= 4 is 16.8 Å². The molecule has 1 aromatic heterocycles. The number of benzene rings is 3. The standard InChI is InChI=1S/C32H32FN5O3/c1-22(39)26-9-10-30-31(19-26)38(37-15-16-40-37)32(35-30)21-36-13-11-27(12-14-36)41-28-4-2-3-23(17-28)5-7-25-8-6-24(20-34)18-29(25)33/h2-4,6,8-10,17-19,27,39H,1,5,7,11-16,21H2. The number of fused-ring (bicyclic) bond motifs is 1. The molecule has 41 heavy (non-hydrogen) atoms. The molecule has 0 spiro atoms. The summed E-state index contributed by atoms with van der Waals surface area (Å²) in [7, 11) is 0. The van der Waals surface area contributed by atoms with Gasteiger partial charge in [-0.25, -0.2) is 14.1 Å². The van der Waals surface area contributed by atoms with Crippen molar-refractivity contribution in [2.75, 3.05) is 31.4 Å². The quantitative estimate of drug-likeness (QED) is 0.282. The molecule has 9 heteroatoms. The summed E-state index contributed by atoms with van der Waals surface area (Å²) in [5.41, 5.74) is 4.42. The number of halogens is 1. The molecular formula is C32H32FN5O3. The van der Waals surface area contributed by atoms with Crippen molar-refractivity contribution in [1.82, 2.24) is 14.6 Å². The molecule has 3 heterocycles. The first kappa shape index (κ1) is 26.8. The molecule has 2 saturated heterocycles. The van der Waals surface area contributed by atoms with Gasteiger partial charge in [-0.3, -0.25) is 9.74 Å². The van der Waals surface area contributed by atoms with E-state index < -0.39 is 0 Å². The highest BCUT2D eigenvalue weighted by molar-refractivity contribution is 5.80. The van der Waals surface area contributed by atoms with Crippen LogP contribution in [0.5, 0.6) is 5.75 Å². The van der Waals surface area contributed by atoms with E-state index in [-0.39, 0.29) is 17.7 Å². The topological polar surface area (TPSA) is 86.8 Å². The highest BCUT2D eigenvalue weighted by Gasteiger charge is 2.26. The van der Waals surface area contributed by atoms with Crippen LogP contribution >= 0.6 is 0 Å². The van der Waals surface area contributed by atoms with Gasteiger partial charge >= 0.3 is 0 Å². The van der Waals surface area contributed by atoms with Crippen molar-refractivity contribution in [1.29, 1.82) is 5.26 Å². The van der Waals surface area contributed by atoms with E-state index in [4.69, 9.17) is 19.8 Å². The van der Waals surface area contributed by atoms with Crippen LogP contribution in [0.2, 0.25) is 0 Å². The Labute approximate surface area is 238 Å². The summed E-state index contributed by atoms with van der Waals surface area (Å²) < 4.78 is 22.6. The van der Waals surface area contributed by atoms with Crippen LogP contribution in [-0.2, 0) is 24.2 Å². The number of hydroxylamine groups is 1. The lowest BCUT2D eigenvalue weighted by Crippen LogP contribution is -2.49. The molecule has 1 N–H and O–H groups in total. The van der Waals surface area contributed by atoms with Gasteiger partial charge in [-0.1, -0.05) is 24.8 Å². The average Bonchev–Trinajstić information content (AvgIpc) is 3.29. The minimum absolute atomic E-state index is 0.0264. The van der Waals surface area contributed by atoms with Crippen molar-refractivity contribution in [3.8, 4) is 11.8 Å². The zero-order valence-corrected chi connectivity index (χ0v) is 22.8. The second-order valence-corrected chi connectivity index (χ2v) is 10.6. The van der Waals surface area contributed by atoms with E-state index >= 15 is 0 Å². The van der Waals surface area contributed by atoms with Crippen LogP contribution in [0, 0.1) is 17.1 Å². The number of nitriles is 1. The number of imidazole rings is 1. The van der Waals surface area contributed by atoms with Gasteiger partial charge in [0.15, 0.2) is 0 Å². The van der Waals surface area contributed by atoms with Crippen LogP contribution in [0.4, 0.5) is 4.39 Å². The number of rotatable bonds is 9. The van der Waals surface area contributed by atoms with Crippen molar-refractivity contribution in [3.63, 3.8) is 0 Å². The zero-order chi connectivity index (χ0) is 28.3. The van der Waals surface area contributed by atoms with E-state index in [0.29, 0.717) is 42.7 Å². The molecule has 2 fully saturated rings. The second kappa shape index (κ2) is 11.6. The van der Waals surface area contributed by atoms with Crippen LogP contribution in [0.3, 0.4) is 0 Å². The Morgan fingerprint density at radius 1 is 1.10 bits per heavy atom. The predicted molar refractivity (Wildman–Crippen MR) is 154 cm³/mol. The lowest BCUT2D eigenvalue weighted by atomic mass is 10.0. The molecule has 0 bridgehead atoms. The average molecular weight is 554 g/mol. The molecule has 4 aromatic rings. The van der Waals surface area contributed by atoms with E-state index in [1.807, 2.05) is 58.4 Å². The van der Waals surface area contributed by atoms with Gasteiger partial charge in [0.25, 0.3) is 0 Å². The Morgan fingerprint density at radius 2 is 1.93 bits per heavy atom. The fourth-order valence-electron chi connectivity index (χ4n) is 5.43. The molecule has 0 aliphatic carbocycles. The summed E-state index contributed by atoms with van der Waals surface area (Å²) in [5, 5.41) is 20.6. The number of aliphatic hydroxyl groups is 1. The first-order chi connectivity index (χ1) is 20.0. The summed E-state index contributed by atoms with van der Waals surface area (Å²) in [6, 6.07) is 20.3. The third-order valence-electron chi connectivity index (χ3n) is 7.74. The number of hydrogen-bond acceptors (Lipinski definition) is 7. The lowest BCUT2D eigenvalue weighted by molar-refractivity contribution is -0.0278. The van der Waals surface area contributed by atoms with Crippen molar-refractivity contribution in [3.05, 3.63) is 101 Å². The van der Waals surface area contributed by atoms with Gasteiger partial charge in [0, 0.05) is 18.7 Å². The Balaban J connectivity index is 1.06. The van der Waals surface area contributed by atoms with Crippen molar-refractivity contribution in [2.45, 2.75) is 38.3 Å². The number of hydrogen-bond donors (Lipinski definition) is 1. The molecule has 6 rings (SSSR count). The van der Waals surface area contributed by atoms with Gasteiger partial charge in [0.1, 0.15) is 29.3 Å². The summed E-state index contributed by atoms with van der Waals surface area (Å²) in [5.74, 6) is 1.42. The minimum Gasteiger partial charge on any atom is -0.508 e. The molecule has 0 unspecified atom stereocenters. The number of aromatic nitrogens is 2. The van der Waals surface area contributed by atoms with E-state index in [2.05, 4.69) is 11.5 Å². The molecule has 8 nitrogen and oxygen atoms in total. The molecule has 0 atom stereocenters. The fraction of sp³-hybridized carbons (Fsp3) is 0.312. The number of aryl methyl sites for hydroxylation is 2. The van der Waals surface area contributed by atoms with Crippen LogP contribution in [0.25, 0.3) is 16.8 Å². The smallest absolute Gasteiger partial charge is 0.145 e. The highest BCUT2D eigenvalue weighted by Crippen LogP contribution is 2.26. The molecular weight excluding hydrogens is 521 g/mol. The largest absolute Gasteiger partial charge is 0.508 e. The maximum atomic E-state index is 14.3. The van der Waals surface area contributed by atoms with Crippen LogP contribution < -0.4 is 9.91 Å². The van der Waals surface area contributed by atoms with Gasteiger partial charge < -0.3 is 9.84 Å². The van der Waals surface area contributed by atoms with Crippen molar-refractivity contribution in [2.24, 2.45) is 0 Å². The Morgan fingerprint density at radius 3 is 2.63 bits per heavy atom. The van der Waals surface area contributed by atoms with Crippen LogP contribution in [0.15, 0.2) is 67.2 Å². The molecule has 0 radical (unpaired) electrons. The zero-order valence-electron chi connectivity index (χ0n) is 22.8. The van der Waals surface area contributed by atoms with E-state index in [0.717, 1.165) is 60.6 Å². The minimum atomic E-state index is -0.336.